The minimum atomic E-state index is -4.26. The number of phosphoric ester groups is 1. The van der Waals surface area contributed by atoms with Gasteiger partial charge in [-0.1, -0.05) is 0 Å². The van der Waals surface area contributed by atoms with E-state index in [9.17, 15) is 4.57 Å². The van der Waals surface area contributed by atoms with Crippen molar-refractivity contribution in [1.29, 1.82) is 0 Å². The SMILES string of the molecule is CC[N+](CC)(CC)CC.C[N+](C)(C)CCOP(=O)(O)O. The van der Waals surface area contributed by atoms with E-state index in [1.165, 1.54) is 30.7 Å². The van der Waals surface area contributed by atoms with E-state index in [4.69, 9.17) is 9.79 Å². The van der Waals surface area contributed by atoms with Crippen LogP contribution in [0.15, 0.2) is 0 Å². The van der Waals surface area contributed by atoms with Gasteiger partial charge in [0.15, 0.2) is 0 Å². The standard InChI is InChI=1S/C8H20N.C5H14NO4P/c1-5-9(6-2,7-3)8-4;1-6(2,3)4-5-10-11(7,8)9/h5-8H2,1-4H3;4-5H2,1-3H3,(H-,7,8,9)/q+1;/p+1. The molecule has 0 aromatic carbocycles. The number of likely N-dealkylation sites (N-methyl/N-ethyl adjacent to an activating group) is 1. The minimum absolute atomic E-state index is 0.0772. The summed E-state index contributed by atoms with van der Waals surface area (Å²) < 4.78 is 16.3. The van der Waals surface area contributed by atoms with Crippen molar-refractivity contribution >= 4 is 7.82 Å². The molecule has 0 aliphatic rings. The molecule has 2 N–H and O–H groups in total. The zero-order valence-corrected chi connectivity index (χ0v) is 15.2. The molecule has 0 unspecified atom stereocenters. The summed E-state index contributed by atoms with van der Waals surface area (Å²) in [7, 11) is 1.50. The molecule has 0 heterocycles. The van der Waals surface area contributed by atoms with Crippen molar-refractivity contribution < 1.29 is 27.8 Å². The van der Waals surface area contributed by atoms with Gasteiger partial charge in [-0.2, -0.15) is 0 Å². The highest BCUT2D eigenvalue weighted by atomic mass is 31.2. The molecule has 20 heavy (non-hydrogen) atoms. The number of phosphoric acid groups is 1. The lowest BCUT2D eigenvalue weighted by Gasteiger charge is -2.34. The van der Waals surface area contributed by atoms with Gasteiger partial charge >= 0.3 is 7.82 Å². The van der Waals surface area contributed by atoms with Gasteiger partial charge in [0.05, 0.1) is 47.3 Å². The van der Waals surface area contributed by atoms with Crippen molar-refractivity contribution in [2.75, 3.05) is 60.5 Å². The second kappa shape index (κ2) is 9.87. The molecule has 0 saturated heterocycles. The zero-order valence-electron chi connectivity index (χ0n) is 14.3. The van der Waals surface area contributed by atoms with Crippen molar-refractivity contribution in [3.63, 3.8) is 0 Å². The molecule has 0 rings (SSSR count). The third-order valence-electron chi connectivity index (χ3n) is 3.70. The van der Waals surface area contributed by atoms with Crippen LogP contribution in [0.1, 0.15) is 27.7 Å². The van der Waals surface area contributed by atoms with Crippen LogP contribution < -0.4 is 0 Å². The molecule has 7 heteroatoms. The Labute approximate surface area is 124 Å². The fraction of sp³-hybridized carbons (Fsp3) is 1.00. The summed E-state index contributed by atoms with van der Waals surface area (Å²) >= 11 is 0. The third kappa shape index (κ3) is 13.0. The molecular weight excluding hydrogens is 279 g/mol. The Morgan fingerprint density at radius 1 is 0.900 bits per heavy atom. The van der Waals surface area contributed by atoms with E-state index in [1.807, 2.05) is 21.1 Å². The largest absolute Gasteiger partial charge is 0.469 e. The highest BCUT2D eigenvalue weighted by Gasteiger charge is 2.16. The second-order valence-electron chi connectivity index (χ2n) is 5.94. The van der Waals surface area contributed by atoms with E-state index < -0.39 is 7.82 Å². The van der Waals surface area contributed by atoms with Crippen molar-refractivity contribution in [1.82, 2.24) is 0 Å². The van der Waals surface area contributed by atoms with E-state index in [1.54, 1.807) is 0 Å². The third-order valence-corrected chi connectivity index (χ3v) is 4.22. The van der Waals surface area contributed by atoms with Crippen LogP contribution in [-0.2, 0) is 9.09 Å². The number of hydrogen-bond acceptors (Lipinski definition) is 2. The quantitative estimate of drug-likeness (QED) is 0.528. The van der Waals surface area contributed by atoms with E-state index >= 15 is 0 Å². The maximum atomic E-state index is 10.2. The first-order valence-corrected chi connectivity index (χ1v) is 8.84. The molecule has 0 aromatic rings. The first-order valence-electron chi connectivity index (χ1n) is 7.31. The molecule has 0 radical (unpaired) electrons. The van der Waals surface area contributed by atoms with Gasteiger partial charge in [0.25, 0.3) is 0 Å². The summed E-state index contributed by atoms with van der Waals surface area (Å²) in [5.41, 5.74) is 0. The molecule has 0 spiro atoms. The topological polar surface area (TPSA) is 66.8 Å². The van der Waals surface area contributed by atoms with E-state index in [0.717, 1.165) is 0 Å². The molecule has 124 valence electrons. The van der Waals surface area contributed by atoms with Gasteiger partial charge in [-0.05, 0) is 27.7 Å². The van der Waals surface area contributed by atoms with E-state index in [2.05, 4.69) is 32.2 Å². The summed E-state index contributed by atoms with van der Waals surface area (Å²) in [6.45, 7) is 14.9. The van der Waals surface area contributed by atoms with Gasteiger partial charge in [-0.25, -0.2) is 4.57 Å². The predicted octanol–water partition coefficient (Wildman–Crippen LogP) is 1.68. The molecule has 0 atom stereocenters. The molecule has 0 saturated carbocycles. The van der Waals surface area contributed by atoms with Crippen LogP contribution in [-0.4, -0.2) is 79.2 Å². The van der Waals surface area contributed by atoms with Gasteiger partial charge in [-0.15, -0.1) is 0 Å². The number of hydrogen-bond donors (Lipinski definition) is 2. The Morgan fingerprint density at radius 3 is 1.40 bits per heavy atom. The number of rotatable bonds is 8. The maximum Gasteiger partial charge on any atom is 0.469 e. The molecule has 0 aromatic heterocycles. The van der Waals surface area contributed by atoms with Gasteiger partial charge in [0.2, 0.25) is 0 Å². The van der Waals surface area contributed by atoms with Crippen LogP contribution in [0, 0.1) is 0 Å². The smallest absolute Gasteiger partial charge is 0.329 e. The summed E-state index contributed by atoms with van der Waals surface area (Å²) in [5.74, 6) is 0. The zero-order chi connectivity index (χ0) is 16.4. The first-order chi connectivity index (χ1) is 8.95. The van der Waals surface area contributed by atoms with Crippen molar-refractivity contribution in [2.24, 2.45) is 0 Å². The highest BCUT2D eigenvalue weighted by molar-refractivity contribution is 7.46. The highest BCUT2D eigenvalue weighted by Crippen LogP contribution is 2.35. The predicted molar refractivity (Wildman–Crippen MR) is 83.3 cm³/mol. The Kier molecular flexibility index (Phi) is 11.0. The minimum Gasteiger partial charge on any atom is -0.329 e. The van der Waals surface area contributed by atoms with Crippen LogP contribution in [0.4, 0.5) is 0 Å². The molecule has 0 bridgehead atoms. The van der Waals surface area contributed by atoms with Crippen molar-refractivity contribution in [3.8, 4) is 0 Å². The van der Waals surface area contributed by atoms with Gasteiger partial charge in [-0.3, -0.25) is 4.52 Å². The van der Waals surface area contributed by atoms with Gasteiger partial charge in [0.1, 0.15) is 13.2 Å². The van der Waals surface area contributed by atoms with Crippen LogP contribution in [0.3, 0.4) is 0 Å². The van der Waals surface area contributed by atoms with Crippen LogP contribution in [0.2, 0.25) is 0 Å². The molecule has 0 amide bonds. The van der Waals surface area contributed by atoms with Crippen molar-refractivity contribution in [2.45, 2.75) is 27.7 Å². The Bertz CT molecular complexity index is 265. The van der Waals surface area contributed by atoms with Crippen molar-refractivity contribution in [3.05, 3.63) is 0 Å². The summed E-state index contributed by atoms with van der Waals surface area (Å²) in [6, 6.07) is 0. The van der Waals surface area contributed by atoms with Crippen LogP contribution in [0.5, 0.6) is 0 Å². The number of nitrogens with zero attached hydrogens (tertiary/aromatic N) is 2. The summed E-state index contributed by atoms with van der Waals surface area (Å²) in [5, 5.41) is 0. The lowest BCUT2D eigenvalue weighted by molar-refractivity contribution is -0.921. The normalized spacial score (nSPS) is 12.8. The summed E-state index contributed by atoms with van der Waals surface area (Å²) in [6.07, 6.45) is 0. The lowest BCUT2D eigenvalue weighted by atomic mass is 10.3. The second-order valence-corrected chi connectivity index (χ2v) is 7.18. The average molecular weight is 314 g/mol. The molecule has 0 fully saturated rings. The average Bonchev–Trinajstić information content (AvgIpc) is 2.30. The maximum absolute atomic E-state index is 10.2. The number of quaternary nitrogens is 2. The van der Waals surface area contributed by atoms with Crippen LogP contribution in [0.25, 0.3) is 0 Å². The first kappa shape index (κ1) is 22.3. The van der Waals surface area contributed by atoms with Gasteiger partial charge in [0, 0.05) is 0 Å². The molecular formula is C13H35N2O4P+2. The van der Waals surface area contributed by atoms with Crippen LogP contribution >= 0.6 is 7.82 Å². The van der Waals surface area contributed by atoms with E-state index in [-0.39, 0.29) is 6.61 Å². The Hall–Kier alpha value is 0.0300. The molecule has 6 nitrogen and oxygen atoms in total. The lowest BCUT2D eigenvalue weighted by Crippen LogP contribution is -2.47. The van der Waals surface area contributed by atoms with E-state index in [0.29, 0.717) is 11.0 Å². The summed E-state index contributed by atoms with van der Waals surface area (Å²) in [4.78, 5) is 16.6. The Balaban J connectivity index is 0. The Morgan fingerprint density at radius 2 is 1.25 bits per heavy atom. The van der Waals surface area contributed by atoms with Gasteiger partial charge < -0.3 is 18.8 Å². The molecule has 0 aliphatic carbocycles. The fourth-order valence-electron chi connectivity index (χ4n) is 1.78. The monoisotopic (exact) mass is 314 g/mol. The fourth-order valence-corrected chi connectivity index (χ4v) is 2.09. The molecule has 0 aliphatic heterocycles.